The zero-order valence-corrected chi connectivity index (χ0v) is 26.9. The van der Waals surface area contributed by atoms with Crippen molar-refractivity contribution in [3.63, 3.8) is 0 Å². The molecule has 232 valence electrons. The second-order valence-corrected chi connectivity index (χ2v) is 13.2. The van der Waals surface area contributed by atoms with Gasteiger partial charge in [-0.25, -0.2) is 4.79 Å². The molecule has 0 heterocycles. The number of anilines is 1. The number of hydrogen-bond donors (Lipinski definition) is 3. The molecular weight excluding hydrogens is 542 g/mol. The summed E-state index contributed by atoms with van der Waals surface area (Å²) in [6.45, 7) is 16.6. The molecule has 2 unspecified atom stereocenters. The van der Waals surface area contributed by atoms with Crippen LogP contribution in [-0.2, 0) is 14.3 Å². The van der Waals surface area contributed by atoms with Gasteiger partial charge in [-0.05, 0) is 88.8 Å². The first kappa shape index (κ1) is 33.4. The lowest BCUT2D eigenvalue weighted by molar-refractivity contribution is -0.148. The number of para-hydroxylation sites is 1. The Hall–Kier alpha value is -4.07. The third-order valence-electron chi connectivity index (χ3n) is 7.54. The molecule has 0 bridgehead atoms. The van der Waals surface area contributed by atoms with E-state index in [0.717, 1.165) is 10.8 Å². The molecule has 8 heteroatoms. The Kier molecular flexibility index (Phi) is 10.5. The van der Waals surface area contributed by atoms with Crippen LogP contribution < -0.4 is 10.6 Å². The number of phenolic OH excluding ortho intramolecular Hbond substituents is 1. The largest absolute Gasteiger partial charge is 0.507 e. The standard InChI is InChI=1S/C35H47N3O5/c1-10-35(8,9)38(32(41)28(20-22(2)3)37-33(42)43-34(5,6)7)29(27-17-13-14-23(4)30(27)39)31(40)36-26-19-18-24-15-11-12-16-25(24)21-26/h11-19,21-22,28-29,39H,10,20H2,1-9H3,(H,36,40)(H,37,42). The van der Waals surface area contributed by atoms with Gasteiger partial charge in [-0.1, -0.05) is 69.3 Å². The molecule has 0 radical (unpaired) electrons. The molecule has 2 atom stereocenters. The number of rotatable bonds is 10. The molecule has 3 aromatic carbocycles. The second-order valence-electron chi connectivity index (χ2n) is 13.2. The van der Waals surface area contributed by atoms with Gasteiger partial charge in [0.05, 0.1) is 0 Å². The summed E-state index contributed by atoms with van der Waals surface area (Å²) in [6.07, 6.45) is 0.121. The zero-order chi connectivity index (χ0) is 32.1. The van der Waals surface area contributed by atoms with Crippen LogP contribution in [0.2, 0.25) is 0 Å². The Morgan fingerprint density at radius 2 is 1.58 bits per heavy atom. The Balaban J connectivity index is 2.15. The van der Waals surface area contributed by atoms with Crippen LogP contribution in [0.15, 0.2) is 60.7 Å². The second kappa shape index (κ2) is 13.5. The number of nitrogens with zero attached hydrogens (tertiary/aromatic N) is 1. The van der Waals surface area contributed by atoms with Gasteiger partial charge in [0.25, 0.3) is 5.91 Å². The number of carbonyl (C=O) groups excluding carboxylic acids is 3. The van der Waals surface area contributed by atoms with Crippen molar-refractivity contribution in [3.05, 3.63) is 71.8 Å². The molecule has 0 aliphatic rings. The summed E-state index contributed by atoms with van der Waals surface area (Å²) >= 11 is 0. The highest BCUT2D eigenvalue weighted by Gasteiger charge is 2.44. The molecule has 0 saturated carbocycles. The quantitative estimate of drug-likeness (QED) is 0.227. The van der Waals surface area contributed by atoms with E-state index < -0.39 is 41.1 Å². The first-order valence-electron chi connectivity index (χ1n) is 14.9. The number of amides is 3. The minimum Gasteiger partial charge on any atom is -0.507 e. The van der Waals surface area contributed by atoms with Crippen LogP contribution in [0.1, 0.15) is 85.4 Å². The van der Waals surface area contributed by atoms with Gasteiger partial charge in [-0.3, -0.25) is 9.59 Å². The van der Waals surface area contributed by atoms with Crippen molar-refractivity contribution in [2.24, 2.45) is 5.92 Å². The van der Waals surface area contributed by atoms with Gasteiger partial charge >= 0.3 is 6.09 Å². The lowest BCUT2D eigenvalue weighted by Crippen LogP contribution is -2.59. The number of nitrogens with one attached hydrogen (secondary N) is 2. The van der Waals surface area contributed by atoms with Crippen molar-refractivity contribution in [1.29, 1.82) is 0 Å². The highest BCUT2D eigenvalue weighted by atomic mass is 16.6. The van der Waals surface area contributed by atoms with Gasteiger partial charge in [-0.15, -0.1) is 0 Å². The molecule has 3 N–H and O–H groups in total. The highest BCUT2D eigenvalue weighted by Crippen LogP contribution is 2.38. The van der Waals surface area contributed by atoms with Crippen LogP contribution in [-0.4, -0.2) is 45.1 Å². The van der Waals surface area contributed by atoms with Crippen LogP contribution >= 0.6 is 0 Å². The van der Waals surface area contributed by atoms with Crippen LogP contribution in [0.5, 0.6) is 5.75 Å². The van der Waals surface area contributed by atoms with Gasteiger partial charge in [0.2, 0.25) is 5.91 Å². The highest BCUT2D eigenvalue weighted by molar-refractivity contribution is 6.01. The summed E-state index contributed by atoms with van der Waals surface area (Å²) in [6, 6.07) is 16.4. The Bertz CT molecular complexity index is 1460. The Morgan fingerprint density at radius 3 is 2.19 bits per heavy atom. The third-order valence-corrected chi connectivity index (χ3v) is 7.54. The molecule has 0 fully saturated rings. The average Bonchev–Trinajstić information content (AvgIpc) is 2.91. The van der Waals surface area contributed by atoms with Gasteiger partial charge in [0, 0.05) is 16.8 Å². The topological polar surface area (TPSA) is 108 Å². The molecule has 8 nitrogen and oxygen atoms in total. The summed E-state index contributed by atoms with van der Waals surface area (Å²) in [5.74, 6) is -0.934. The zero-order valence-electron chi connectivity index (χ0n) is 26.9. The van der Waals surface area contributed by atoms with Crippen molar-refractivity contribution in [2.45, 2.75) is 98.4 Å². The summed E-state index contributed by atoms with van der Waals surface area (Å²) < 4.78 is 5.49. The number of hydrogen-bond acceptors (Lipinski definition) is 5. The number of aromatic hydroxyl groups is 1. The summed E-state index contributed by atoms with van der Waals surface area (Å²) in [5.41, 5.74) is -0.160. The maximum Gasteiger partial charge on any atom is 0.408 e. The van der Waals surface area contributed by atoms with E-state index in [1.165, 1.54) is 4.90 Å². The fourth-order valence-electron chi connectivity index (χ4n) is 5.03. The fourth-order valence-corrected chi connectivity index (χ4v) is 5.03. The van der Waals surface area contributed by atoms with Gasteiger partial charge in [0.15, 0.2) is 0 Å². The number of ether oxygens (including phenoxy) is 1. The van der Waals surface area contributed by atoms with E-state index in [9.17, 15) is 19.5 Å². The predicted octanol–water partition coefficient (Wildman–Crippen LogP) is 7.49. The number of carbonyl (C=O) groups is 3. The van der Waals surface area contributed by atoms with Crippen LogP contribution in [0.4, 0.5) is 10.5 Å². The monoisotopic (exact) mass is 589 g/mol. The lowest BCUT2D eigenvalue weighted by Gasteiger charge is -2.45. The maximum atomic E-state index is 14.6. The molecule has 0 aliphatic heterocycles. The molecule has 0 spiro atoms. The molecule has 0 aliphatic carbocycles. The molecule has 3 aromatic rings. The molecule has 0 saturated heterocycles. The van der Waals surface area contributed by atoms with E-state index >= 15 is 0 Å². The molecule has 0 aromatic heterocycles. The minimum atomic E-state index is -1.20. The SMILES string of the molecule is CCC(C)(C)N(C(=O)C(CC(C)C)NC(=O)OC(C)(C)C)C(C(=O)Nc1ccc2ccccc2c1)c1cccc(C)c1O. The van der Waals surface area contributed by atoms with E-state index in [-0.39, 0.29) is 11.7 Å². The van der Waals surface area contributed by atoms with Crippen LogP contribution in [0.3, 0.4) is 0 Å². The van der Waals surface area contributed by atoms with Gasteiger partial charge in [-0.2, -0.15) is 0 Å². The predicted molar refractivity (Wildman–Crippen MR) is 172 cm³/mol. The van der Waals surface area contributed by atoms with E-state index in [4.69, 9.17) is 4.74 Å². The Morgan fingerprint density at radius 1 is 0.930 bits per heavy atom. The van der Waals surface area contributed by atoms with Crippen molar-refractivity contribution in [1.82, 2.24) is 10.2 Å². The van der Waals surface area contributed by atoms with E-state index in [0.29, 0.717) is 29.7 Å². The molecular formula is C35H47N3O5. The van der Waals surface area contributed by atoms with Crippen molar-refractivity contribution < 1.29 is 24.2 Å². The summed E-state index contributed by atoms with van der Waals surface area (Å²) in [5, 5.41) is 19.0. The smallest absolute Gasteiger partial charge is 0.408 e. The maximum absolute atomic E-state index is 14.6. The third kappa shape index (κ3) is 8.49. The number of alkyl carbamates (subject to hydrolysis) is 1. The first-order valence-corrected chi connectivity index (χ1v) is 14.9. The van der Waals surface area contributed by atoms with Crippen molar-refractivity contribution in [3.8, 4) is 5.75 Å². The van der Waals surface area contributed by atoms with E-state index in [1.54, 1.807) is 45.9 Å². The lowest BCUT2D eigenvalue weighted by atomic mass is 9.90. The fraction of sp³-hybridized carbons (Fsp3) is 0.457. The van der Waals surface area contributed by atoms with Crippen molar-refractivity contribution in [2.75, 3.05) is 5.32 Å². The van der Waals surface area contributed by atoms with Gasteiger partial charge in [0.1, 0.15) is 23.4 Å². The molecule has 3 rings (SSSR count). The Labute approximate surface area is 255 Å². The van der Waals surface area contributed by atoms with Gasteiger partial charge < -0.3 is 25.4 Å². The van der Waals surface area contributed by atoms with E-state index in [1.807, 2.05) is 77.1 Å². The number of fused-ring (bicyclic) bond motifs is 1. The summed E-state index contributed by atoms with van der Waals surface area (Å²) in [4.78, 5) is 43.4. The first-order chi connectivity index (χ1) is 20.0. The minimum absolute atomic E-state index is 0.0488. The molecule has 3 amide bonds. The van der Waals surface area contributed by atoms with E-state index in [2.05, 4.69) is 10.6 Å². The van der Waals surface area contributed by atoms with Crippen LogP contribution in [0, 0.1) is 12.8 Å². The average molecular weight is 590 g/mol. The normalized spacial score (nSPS) is 13.3. The number of benzene rings is 3. The van der Waals surface area contributed by atoms with Crippen LogP contribution in [0.25, 0.3) is 10.8 Å². The molecule has 43 heavy (non-hydrogen) atoms. The number of aryl methyl sites for hydroxylation is 1. The van der Waals surface area contributed by atoms with Crippen molar-refractivity contribution >= 4 is 34.4 Å². The summed E-state index contributed by atoms with van der Waals surface area (Å²) in [7, 11) is 0. The number of phenols is 1.